The van der Waals surface area contributed by atoms with Crippen LogP contribution < -0.4 is 9.80 Å². The van der Waals surface area contributed by atoms with E-state index in [1.54, 1.807) is 0 Å². The lowest BCUT2D eigenvalue weighted by atomic mass is 9.91. The molecular formula is C78H50N4O2. The number of fused-ring (bicyclic) bond motifs is 2. The maximum atomic E-state index is 7.04. The summed E-state index contributed by atoms with van der Waals surface area (Å²) in [6, 6.07) is 99.6. The van der Waals surface area contributed by atoms with E-state index < -0.39 is 0 Å². The number of hydrogen-bond acceptors (Lipinski definition) is 6. The second-order valence-electron chi connectivity index (χ2n) is 21.3. The first kappa shape index (κ1) is 48.6. The van der Waals surface area contributed by atoms with E-state index in [1.807, 2.05) is 36.9 Å². The van der Waals surface area contributed by atoms with Crippen LogP contribution in [0.15, 0.2) is 313 Å². The molecule has 0 aliphatic rings. The van der Waals surface area contributed by atoms with Crippen LogP contribution >= 0.6 is 0 Å². The van der Waals surface area contributed by atoms with Gasteiger partial charge in [-0.25, -0.2) is 0 Å². The van der Waals surface area contributed by atoms with Crippen molar-refractivity contribution in [2.45, 2.75) is 0 Å². The zero-order valence-corrected chi connectivity index (χ0v) is 45.5. The molecule has 0 saturated heterocycles. The highest BCUT2D eigenvalue weighted by Gasteiger charge is 2.26. The summed E-state index contributed by atoms with van der Waals surface area (Å²) in [5.74, 6) is 1.68. The SMILES string of the molecule is c1ccc(-c2oc3cc(N(c4cccc(-c5ccncc5)c4)c4ccc5ccc6c(N(c7cccc(-c8ccncc8)c7)c7ccc8c(-c9ccccc9)c(-c9ccccc9)oc8c7)ccc7ccc4c5c76)ccc3c2-c2ccccc2)cc1. The van der Waals surface area contributed by atoms with E-state index in [4.69, 9.17) is 8.83 Å². The number of anilines is 6. The van der Waals surface area contributed by atoms with Crippen LogP contribution in [0.25, 0.3) is 121 Å². The average molecular weight is 1080 g/mol. The van der Waals surface area contributed by atoms with Crippen LogP contribution in [-0.4, -0.2) is 9.97 Å². The summed E-state index contributed by atoms with van der Waals surface area (Å²) in [5, 5.41) is 9.02. The van der Waals surface area contributed by atoms with Crippen LogP contribution in [0.4, 0.5) is 34.1 Å². The van der Waals surface area contributed by atoms with Crippen LogP contribution in [0, 0.1) is 0 Å². The molecule has 6 heteroatoms. The van der Waals surface area contributed by atoms with Gasteiger partial charge in [0.2, 0.25) is 0 Å². The fourth-order valence-electron chi connectivity index (χ4n) is 12.6. The normalized spacial score (nSPS) is 11.6. The summed E-state index contributed by atoms with van der Waals surface area (Å²) in [7, 11) is 0. The molecule has 0 bridgehead atoms. The lowest BCUT2D eigenvalue weighted by molar-refractivity contribution is 0.632. The highest BCUT2D eigenvalue weighted by molar-refractivity contribution is 6.28. The fraction of sp³-hybridized carbons (Fsp3) is 0. The van der Waals surface area contributed by atoms with Gasteiger partial charge in [0, 0.05) is 103 Å². The number of hydrogen-bond donors (Lipinski definition) is 0. The van der Waals surface area contributed by atoms with Crippen molar-refractivity contribution >= 4 is 88.4 Å². The topological polar surface area (TPSA) is 58.5 Å². The summed E-state index contributed by atoms with van der Waals surface area (Å²) in [6.07, 6.45) is 7.41. The second kappa shape index (κ2) is 20.3. The molecule has 0 N–H and O–H groups in total. The van der Waals surface area contributed by atoms with Crippen molar-refractivity contribution in [1.29, 1.82) is 0 Å². The van der Waals surface area contributed by atoms with Gasteiger partial charge in [-0.1, -0.05) is 182 Å². The van der Waals surface area contributed by atoms with E-state index in [-0.39, 0.29) is 0 Å². The molecule has 16 rings (SSSR count). The standard InChI is InChI=1S/C78H50N4O2/c1-5-15-53(16-6-1)75-67-35-31-63(49-71(67)83-77(75)57-19-9-3-10-20-57)81(61-25-13-23-59(47-61)51-39-43-79-44-40-51)69-37-29-55-28-34-66-70(38-30-56-27-33-65(69)73(55)74(56)66)82(62-26-14-24-60(48-62)52-41-45-80-46-42-52)64-32-36-68-72(50-64)84-78(58-21-11-4-12-22-58)76(68)54-17-7-2-8-18-54/h1-50H. The van der Waals surface area contributed by atoms with Gasteiger partial charge in [0.15, 0.2) is 0 Å². The summed E-state index contributed by atoms with van der Waals surface area (Å²) >= 11 is 0. The Balaban J connectivity index is 0.912. The van der Waals surface area contributed by atoms with Crippen LogP contribution in [0.3, 0.4) is 0 Å². The highest BCUT2D eigenvalue weighted by Crippen LogP contribution is 2.51. The Hall–Kier alpha value is -11.3. The largest absolute Gasteiger partial charge is 0.455 e. The maximum Gasteiger partial charge on any atom is 0.143 e. The van der Waals surface area contributed by atoms with E-state index in [0.717, 1.165) is 145 Å². The van der Waals surface area contributed by atoms with Crippen molar-refractivity contribution in [1.82, 2.24) is 9.97 Å². The lowest BCUT2D eigenvalue weighted by Crippen LogP contribution is -2.11. The summed E-state index contributed by atoms with van der Waals surface area (Å²) in [5.41, 5.74) is 18.4. The Bertz CT molecular complexity index is 4740. The smallest absolute Gasteiger partial charge is 0.143 e. The summed E-state index contributed by atoms with van der Waals surface area (Å²) in [6.45, 7) is 0. The number of pyridine rings is 2. The average Bonchev–Trinajstić information content (AvgIpc) is 1.96. The fourth-order valence-corrected chi connectivity index (χ4v) is 12.6. The zero-order chi connectivity index (χ0) is 55.5. The molecule has 12 aromatic carbocycles. The van der Waals surface area contributed by atoms with Crippen molar-refractivity contribution in [2.24, 2.45) is 0 Å². The zero-order valence-electron chi connectivity index (χ0n) is 45.5. The lowest BCUT2D eigenvalue weighted by Gasteiger charge is -2.29. The monoisotopic (exact) mass is 1070 g/mol. The molecule has 0 fully saturated rings. The molecule has 0 unspecified atom stereocenters. The van der Waals surface area contributed by atoms with Crippen molar-refractivity contribution in [2.75, 3.05) is 9.80 Å². The first-order chi connectivity index (χ1) is 41.7. The minimum Gasteiger partial charge on any atom is -0.455 e. The van der Waals surface area contributed by atoms with Crippen molar-refractivity contribution in [3.63, 3.8) is 0 Å². The van der Waals surface area contributed by atoms with Gasteiger partial charge in [-0.05, 0) is 140 Å². The van der Waals surface area contributed by atoms with Crippen molar-refractivity contribution in [3.05, 3.63) is 304 Å². The molecule has 4 heterocycles. The van der Waals surface area contributed by atoms with Crippen molar-refractivity contribution < 1.29 is 8.83 Å². The van der Waals surface area contributed by atoms with E-state index in [0.29, 0.717) is 0 Å². The van der Waals surface area contributed by atoms with E-state index >= 15 is 0 Å². The van der Waals surface area contributed by atoms with Gasteiger partial charge in [0.25, 0.3) is 0 Å². The molecular weight excluding hydrogens is 1020 g/mol. The van der Waals surface area contributed by atoms with Gasteiger partial charge in [-0.15, -0.1) is 0 Å². The Kier molecular flexibility index (Phi) is 11.8. The predicted molar refractivity (Wildman–Crippen MR) is 347 cm³/mol. The molecule has 84 heavy (non-hydrogen) atoms. The van der Waals surface area contributed by atoms with Gasteiger partial charge in [-0.3, -0.25) is 9.97 Å². The van der Waals surface area contributed by atoms with E-state index in [9.17, 15) is 0 Å². The summed E-state index contributed by atoms with van der Waals surface area (Å²) in [4.78, 5) is 13.5. The Morgan fingerprint density at radius 3 is 1.00 bits per heavy atom. The minimum absolute atomic E-state index is 0.802. The van der Waals surface area contributed by atoms with Crippen LogP contribution in [0.1, 0.15) is 0 Å². The van der Waals surface area contributed by atoms with Gasteiger partial charge in [0.05, 0.1) is 11.4 Å². The highest BCUT2D eigenvalue weighted by atomic mass is 16.3. The first-order valence-electron chi connectivity index (χ1n) is 28.3. The third-order valence-corrected chi connectivity index (χ3v) is 16.4. The molecule has 0 saturated carbocycles. The molecule has 6 nitrogen and oxygen atoms in total. The predicted octanol–water partition coefficient (Wildman–Crippen LogP) is 21.8. The minimum atomic E-state index is 0.802. The molecule has 0 spiro atoms. The molecule has 0 aliphatic carbocycles. The van der Waals surface area contributed by atoms with Gasteiger partial charge in [0.1, 0.15) is 22.7 Å². The van der Waals surface area contributed by atoms with E-state index in [2.05, 4.69) is 287 Å². The number of benzene rings is 12. The molecule has 0 radical (unpaired) electrons. The molecule has 394 valence electrons. The van der Waals surface area contributed by atoms with Crippen LogP contribution in [-0.2, 0) is 0 Å². The third-order valence-electron chi connectivity index (χ3n) is 16.4. The van der Waals surface area contributed by atoms with Crippen molar-refractivity contribution in [3.8, 4) is 67.2 Å². The van der Waals surface area contributed by atoms with Gasteiger partial charge >= 0.3 is 0 Å². The Labute approximate surface area is 485 Å². The second-order valence-corrected chi connectivity index (χ2v) is 21.3. The van der Waals surface area contributed by atoms with Crippen LogP contribution in [0.2, 0.25) is 0 Å². The Morgan fingerprint density at radius 1 is 0.250 bits per heavy atom. The molecule has 16 aromatic rings. The Morgan fingerprint density at radius 2 is 0.595 bits per heavy atom. The molecule has 0 amide bonds. The van der Waals surface area contributed by atoms with Gasteiger partial charge < -0.3 is 18.6 Å². The number of nitrogens with zero attached hydrogens (tertiary/aromatic N) is 4. The third kappa shape index (κ3) is 8.35. The number of aromatic nitrogens is 2. The number of rotatable bonds is 12. The van der Waals surface area contributed by atoms with Gasteiger partial charge in [-0.2, -0.15) is 0 Å². The number of furan rings is 2. The quantitative estimate of drug-likeness (QED) is 0.114. The molecule has 4 aromatic heterocycles. The maximum absolute atomic E-state index is 7.04. The van der Waals surface area contributed by atoms with Crippen LogP contribution in [0.5, 0.6) is 0 Å². The van der Waals surface area contributed by atoms with E-state index in [1.165, 1.54) is 10.8 Å². The molecule has 0 atom stereocenters. The summed E-state index contributed by atoms with van der Waals surface area (Å²) < 4.78 is 14.1. The first-order valence-corrected chi connectivity index (χ1v) is 28.3. The molecule has 0 aliphatic heterocycles.